The number of carbonyl (C=O) groups excluding carboxylic acids is 1. The fourth-order valence-corrected chi connectivity index (χ4v) is 2.39. The summed E-state index contributed by atoms with van der Waals surface area (Å²) in [4.78, 5) is 33.9. The molecule has 0 aliphatic carbocycles. The van der Waals surface area contributed by atoms with Crippen molar-refractivity contribution in [1.29, 1.82) is 0 Å². The van der Waals surface area contributed by atoms with E-state index < -0.39 is 16.6 Å². The number of nitro groups is 1. The molecule has 0 saturated carbocycles. The van der Waals surface area contributed by atoms with E-state index in [1.165, 1.54) is 36.5 Å². The van der Waals surface area contributed by atoms with E-state index in [0.29, 0.717) is 21.7 Å². The first-order valence-electron chi connectivity index (χ1n) is 7.29. The highest BCUT2D eigenvalue weighted by molar-refractivity contribution is 6.31. The van der Waals surface area contributed by atoms with E-state index in [1.807, 2.05) is 0 Å². The van der Waals surface area contributed by atoms with Gasteiger partial charge in [0.25, 0.3) is 11.6 Å². The lowest BCUT2D eigenvalue weighted by Crippen LogP contribution is -2.27. The summed E-state index contributed by atoms with van der Waals surface area (Å²) in [6.07, 6.45) is 1.33. The Morgan fingerprint density at radius 2 is 2.04 bits per heavy atom. The summed E-state index contributed by atoms with van der Waals surface area (Å²) in [6.45, 7) is -0.302. The predicted molar refractivity (Wildman–Crippen MR) is 94.3 cm³/mol. The highest BCUT2D eigenvalue weighted by Crippen LogP contribution is 2.18. The van der Waals surface area contributed by atoms with Gasteiger partial charge < -0.3 is 4.42 Å². The van der Waals surface area contributed by atoms with E-state index >= 15 is 0 Å². The van der Waals surface area contributed by atoms with Gasteiger partial charge >= 0.3 is 5.76 Å². The fraction of sp³-hybridized carbons (Fsp3) is 0.0625. The molecule has 0 radical (unpaired) electrons. The monoisotopic (exact) mass is 374 g/mol. The van der Waals surface area contributed by atoms with Crippen LogP contribution in [0, 0.1) is 10.1 Å². The van der Waals surface area contributed by atoms with Crippen LogP contribution in [0.1, 0.15) is 5.56 Å². The van der Waals surface area contributed by atoms with Gasteiger partial charge in [-0.1, -0.05) is 11.6 Å². The molecule has 0 spiro atoms. The van der Waals surface area contributed by atoms with Crippen molar-refractivity contribution in [2.45, 2.75) is 6.54 Å². The average molecular weight is 375 g/mol. The standard InChI is InChI=1S/C16H11ClN4O5/c17-11-3-6-14-13(7-11)20(16(23)26-14)9-15(22)19-18-8-10-1-4-12(5-2-10)21(24)25/h1-8H,9H2,(H,19,22)/b18-8+. The Kier molecular flexibility index (Phi) is 4.81. The molecule has 0 fully saturated rings. The van der Waals surface area contributed by atoms with Gasteiger partial charge in [0, 0.05) is 17.2 Å². The predicted octanol–water partition coefficient (Wildman–Crippen LogP) is 2.31. The van der Waals surface area contributed by atoms with Crippen LogP contribution in [0.3, 0.4) is 0 Å². The number of halogens is 1. The van der Waals surface area contributed by atoms with Crippen LogP contribution >= 0.6 is 11.6 Å². The van der Waals surface area contributed by atoms with Gasteiger partial charge in [0.2, 0.25) is 0 Å². The summed E-state index contributed by atoms with van der Waals surface area (Å²) >= 11 is 5.90. The maximum absolute atomic E-state index is 12.0. The van der Waals surface area contributed by atoms with Gasteiger partial charge in [-0.05, 0) is 35.9 Å². The second-order valence-corrected chi connectivity index (χ2v) is 5.64. The van der Waals surface area contributed by atoms with Gasteiger partial charge in [-0.2, -0.15) is 5.10 Å². The zero-order chi connectivity index (χ0) is 18.7. The summed E-state index contributed by atoms with van der Waals surface area (Å²) in [7, 11) is 0. The van der Waals surface area contributed by atoms with Crippen LogP contribution in [0.15, 0.2) is 56.8 Å². The maximum Gasteiger partial charge on any atom is 0.420 e. The highest BCUT2D eigenvalue weighted by Gasteiger charge is 2.12. The number of oxazole rings is 1. The second-order valence-electron chi connectivity index (χ2n) is 5.21. The highest BCUT2D eigenvalue weighted by atomic mass is 35.5. The molecule has 0 saturated heterocycles. The van der Waals surface area contributed by atoms with Crippen LogP contribution < -0.4 is 11.2 Å². The van der Waals surface area contributed by atoms with Gasteiger partial charge in [-0.3, -0.25) is 19.5 Å². The van der Waals surface area contributed by atoms with Crippen LogP contribution in [-0.4, -0.2) is 21.6 Å². The van der Waals surface area contributed by atoms with Gasteiger partial charge in [-0.25, -0.2) is 10.2 Å². The molecule has 0 bridgehead atoms. The third-order valence-electron chi connectivity index (χ3n) is 3.44. The zero-order valence-corrected chi connectivity index (χ0v) is 13.8. The normalized spacial score (nSPS) is 11.1. The number of non-ortho nitro benzene ring substituents is 1. The van der Waals surface area contributed by atoms with Crippen LogP contribution in [-0.2, 0) is 11.3 Å². The molecule has 0 unspecified atom stereocenters. The number of amides is 1. The molecule has 1 N–H and O–H groups in total. The van der Waals surface area contributed by atoms with Crippen molar-refractivity contribution in [1.82, 2.24) is 9.99 Å². The summed E-state index contributed by atoms with van der Waals surface area (Å²) in [5, 5.41) is 14.7. The lowest BCUT2D eigenvalue weighted by atomic mass is 10.2. The van der Waals surface area contributed by atoms with E-state index in [-0.39, 0.29) is 12.2 Å². The number of fused-ring (bicyclic) bond motifs is 1. The number of hydrogen-bond acceptors (Lipinski definition) is 6. The van der Waals surface area contributed by atoms with Crippen LogP contribution in [0.5, 0.6) is 0 Å². The first kappa shape index (κ1) is 17.4. The van der Waals surface area contributed by atoms with Gasteiger partial charge in [-0.15, -0.1) is 0 Å². The van der Waals surface area contributed by atoms with Crippen molar-refractivity contribution in [2.24, 2.45) is 5.10 Å². The molecule has 2 aromatic carbocycles. The molecular weight excluding hydrogens is 364 g/mol. The van der Waals surface area contributed by atoms with Crippen molar-refractivity contribution in [3.63, 3.8) is 0 Å². The average Bonchev–Trinajstić information content (AvgIpc) is 2.90. The summed E-state index contributed by atoms with van der Waals surface area (Å²) < 4.78 is 6.17. The molecule has 1 aromatic heterocycles. The molecule has 0 aliphatic rings. The fourth-order valence-electron chi connectivity index (χ4n) is 2.22. The molecule has 3 aromatic rings. The van der Waals surface area contributed by atoms with Crippen LogP contribution in [0.2, 0.25) is 5.02 Å². The van der Waals surface area contributed by atoms with Gasteiger partial charge in [0.15, 0.2) is 5.58 Å². The number of carbonyl (C=O) groups is 1. The van der Waals surface area contributed by atoms with E-state index in [0.717, 1.165) is 4.57 Å². The summed E-state index contributed by atoms with van der Waals surface area (Å²) in [5.74, 6) is -1.23. The third kappa shape index (κ3) is 3.78. The van der Waals surface area contributed by atoms with E-state index in [1.54, 1.807) is 12.1 Å². The Morgan fingerprint density at radius 1 is 1.31 bits per heavy atom. The first-order valence-corrected chi connectivity index (χ1v) is 7.67. The Hall–Kier alpha value is -3.46. The first-order chi connectivity index (χ1) is 12.4. The van der Waals surface area contributed by atoms with E-state index in [4.69, 9.17) is 16.0 Å². The number of rotatable bonds is 5. The molecule has 132 valence electrons. The summed E-state index contributed by atoms with van der Waals surface area (Å²) in [5.41, 5.74) is 3.51. The molecule has 1 amide bonds. The number of nitrogens with one attached hydrogen (secondary N) is 1. The molecule has 26 heavy (non-hydrogen) atoms. The molecular formula is C16H11ClN4O5. The van der Waals surface area contributed by atoms with Crippen molar-refractivity contribution in [3.8, 4) is 0 Å². The number of benzene rings is 2. The van der Waals surface area contributed by atoms with Gasteiger partial charge in [0.05, 0.1) is 16.7 Å². The minimum Gasteiger partial charge on any atom is -0.408 e. The number of nitrogens with zero attached hydrogens (tertiary/aromatic N) is 3. The van der Waals surface area contributed by atoms with Gasteiger partial charge in [0.1, 0.15) is 6.54 Å². The SMILES string of the molecule is O=C(Cn1c(=O)oc2ccc(Cl)cc21)N/N=C/c1ccc([N+](=O)[O-])cc1. The number of hydrogen-bond donors (Lipinski definition) is 1. The van der Waals surface area contributed by atoms with Crippen LogP contribution in [0.4, 0.5) is 5.69 Å². The number of nitro benzene ring substituents is 1. The second kappa shape index (κ2) is 7.19. The smallest absolute Gasteiger partial charge is 0.408 e. The largest absolute Gasteiger partial charge is 0.420 e. The lowest BCUT2D eigenvalue weighted by molar-refractivity contribution is -0.384. The Balaban J connectivity index is 1.68. The molecule has 0 atom stereocenters. The van der Waals surface area contributed by atoms with Crippen molar-refractivity contribution < 1.29 is 14.1 Å². The summed E-state index contributed by atoms with van der Waals surface area (Å²) in [6, 6.07) is 10.3. The third-order valence-corrected chi connectivity index (χ3v) is 3.67. The Bertz CT molecular complexity index is 1070. The molecule has 1 heterocycles. The van der Waals surface area contributed by atoms with Crippen LogP contribution in [0.25, 0.3) is 11.1 Å². The molecule has 10 heteroatoms. The number of hydrazone groups is 1. The van der Waals surface area contributed by atoms with E-state index in [2.05, 4.69) is 10.5 Å². The van der Waals surface area contributed by atoms with Crippen molar-refractivity contribution in [2.75, 3.05) is 0 Å². The molecule has 0 aliphatic heterocycles. The van der Waals surface area contributed by atoms with Crippen molar-refractivity contribution >= 4 is 40.5 Å². The lowest BCUT2D eigenvalue weighted by Gasteiger charge is -2.01. The topological polar surface area (TPSA) is 120 Å². The molecule has 9 nitrogen and oxygen atoms in total. The molecule has 3 rings (SSSR count). The minimum absolute atomic E-state index is 0.0453. The zero-order valence-electron chi connectivity index (χ0n) is 13.1. The Labute approximate surface area is 150 Å². The minimum atomic E-state index is -0.684. The van der Waals surface area contributed by atoms with E-state index in [9.17, 15) is 19.7 Å². The Morgan fingerprint density at radius 3 is 2.73 bits per heavy atom. The van der Waals surface area contributed by atoms with Crippen molar-refractivity contribution in [3.05, 3.63) is 73.7 Å². The number of aromatic nitrogens is 1. The quantitative estimate of drug-likeness (QED) is 0.417. The maximum atomic E-state index is 12.0.